The van der Waals surface area contributed by atoms with E-state index in [1.165, 1.54) is 12.8 Å². The fourth-order valence-electron chi connectivity index (χ4n) is 5.63. The van der Waals surface area contributed by atoms with Crippen LogP contribution >= 0.6 is 0 Å². The Balaban J connectivity index is 1.34. The molecule has 3 aliphatic carbocycles. The van der Waals surface area contributed by atoms with Gasteiger partial charge in [-0.05, 0) is 63.2 Å². The smallest absolute Gasteiger partial charge is 0.137 e. The zero-order valence-corrected chi connectivity index (χ0v) is 15.3. The number of carbonyl (C=O) groups is 1. The molecule has 0 aromatic carbocycles. The highest BCUT2D eigenvalue weighted by Gasteiger charge is 2.48. The molecule has 4 fully saturated rings. The molecule has 0 amide bonds. The van der Waals surface area contributed by atoms with E-state index >= 15 is 0 Å². The van der Waals surface area contributed by atoms with Crippen LogP contribution in [0.1, 0.15) is 64.2 Å². The number of Topliss-reactive ketones (excluding diaryl/α,β-unsaturated/α-hetero) is 1. The minimum atomic E-state index is -0.764. The van der Waals surface area contributed by atoms with E-state index in [0.29, 0.717) is 31.1 Å². The molecule has 0 bridgehead atoms. The molecule has 3 N–H and O–H groups in total. The predicted molar refractivity (Wildman–Crippen MR) is 97.9 cm³/mol. The van der Waals surface area contributed by atoms with E-state index in [9.17, 15) is 9.18 Å². The van der Waals surface area contributed by atoms with Gasteiger partial charge in [0.15, 0.2) is 0 Å². The number of halogens is 1. The Bertz CT molecular complexity index is 520. The third kappa shape index (κ3) is 3.85. The summed E-state index contributed by atoms with van der Waals surface area (Å²) in [6.45, 7) is 0.553. The topological polar surface area (TPSA) is 55.1 Å². The summed E-state index contributed by atoms with van der Waals surface area (Å²) in [5.74, 6) is 1.71. The molecule has 4 aliphatic rings. The molecule has 3 saturated carbocycles. The van der Waals surface area contributed by atoms with Gasteiger partial charge >= 0.3 is 0 Å². The first kappa shape index (κ1) is 17.7. The molecule has 4 heteroatoms. The average Bonchev–Trinajstić information content (AvgIpc) is 3.36. The van der Waals surface area contributed by atoms with Gasteiger partial charge in [0, 0.05) is 36.9 Å². The van der Waals surface area contributed by atoms with Crippen molar-refractivity contribution >= 4 is 5.78 Å². The standard InChI is InChI=1S/C21H33FN2O/c22-17-3-1-2-16-19(12-23)24-18(21(16)17)11-20(25)15-8-6-14(7-9-15)10-13-4-5-13/h10,13,15-19,21,24H,1-9,11-12,23H2. The van der Waals surface area contributed by atoms with Crippen molar-refractivity contribution in [3.63, 3.8) is 0 Å². The van der Waals surface area contributed by atoms with E-state index in [4.69, 9.17) is 5.73 Å². The van der Waals surface area contributed by atoms with Gasteiger partial charge in [-0.1, -0.05) is 18.1 Å². The van der Waals surface area contributed by atoms with Gasteiger partial charge in [-0.15, -0.1) is 0 Å². The van der Waals surface area contributed by atoms with E-state index in [-0.39, 0.29) is 23.9 Å². The van der Waals surface area contributed by atoms with Crippen LogP contribution in [0.2, 0.25) is 0 Å². The SMILES string of the molecule is NCC1NC(CC(=O)C2CCC(=CC3CC3)CC2)C2C(F)CCCC12. The van der Waals surface area contributed by atoms with Crippen molar-refractivity contribution in [3.05, 3.63) is 11.6 Å². The molecule has 1 heterocycles. The summed E-state index contributed by atoms with van der Waals surface area (Å²) in [7, 11) is 0. The number of nitrogens with one attached hydrogen (secondary N) is 1. The highest BCUT2D eigenvalue weighted by Crippen LogP contribution is 2.43. The second kappa shape index (κ2) is 7.48. The monoisotopic (exact) mass is 348 g/mol. The van der Waals surface area contributed by atoms with Crippen molar-refractivity contribution in [2.24, 2.45) is 29.4 Å². The Hall–Kier alpha value is -0.740. The minimum Gasteiger partial charge on any atom is -0.329 e. The van der Waals surface area contributed by atoms with Crippen LogP contribution in [0.15, 0.2) is 11.6 Å². The molecule has 0 radical (unpaired) electrons. The number of rotatable bonds is 5. The van der Waals surface area contributed by atoms with Crippen LogP contribution in [0.4, 0.5) is 4.39 Å². The van der Waals surface area contributed by atoms with Gasteiger partial charge in [0.1, 0.15) is 12.0 Å². The summed E-state index contributed by atoms with van der Waals surface area (Å²) in [6, 6.07) is 0.200. The zero-order valence-electron chi connectivity index (χ0n) is 15.3. The van der Waals surface area contributed by atoms with E-state index in [0.717, 1.165) is 44.4 Å². The highest BCUT2D eigenvalue weighted by atomic mass is 19.1. The Labute approximate surface area is 151 Å². The molecule has 25 heavy (non-hydrogen) atoms. The predicted octanol–water partition coefficient (Wildman–Crippen LogP) is 3.53. The van der Waals surface area contributed by atoms with Gasteiger partial charge in [-0.2, -0.15) is 0 Å². The lowest BCUT2D eigenvalue weighted by Crippen LogP contribution is -2.39. The normalized spacial score (nSPS) is 41.4. The maximum absolute atomic E-state index is 14.6. The number of nitrogens with two attached hydrogens (primary N) is 1. The number of ketones is 1. The quantitative estimate of drug-likeness (QED) is 0.748. The highest BCUT2D eigenvalue weighted by molar-refractivity contribution is 5.82. The van der Waals surface area contributed by atoms with Crippen molar-refractivity contribution < 1.29 is 9.18 Å². The Morgan fingerprint density at radius 2 is 1.88 bits per heavy atom. The molecule has 1 saturated heterocycles. The van der Waals surface area contributed by atoms with Gasteiger partial charge in [0.25, 0.3) is 0 Å². The Kier molecular flexibility index (Phi) is 5.28. The van der Waals surface area contributed by atoms with Gasteiger partial charge < -0.3 is 11.1 Å². The van der Waals surface area contributed by atoms with Crippen molar-refractivity contribution in [2.45, 2.75) is 82.5 Å². The summed E-state index contributed by atoms with van der Waals surface area (Å²) in [5, 5.41) is 3.53. The number of carbonyl (C=O) groups excluding carboxylic acids is 1. The van der Waals surface area contributed by atoms with E-state index in [2.05, 4.69) is 11.4 Å². The summed E-state index contributed by atoms with van der Waals surface area (Å²) < 4.78 is 14.6. The third-order valence-corrected chi connectivity index (χ3v) is 7.19. The van der Waals surface area contributed by atoms with E-state index < -0.39 is 6.17 Å². The Morgan fingerprint density at radius 3 is 2.56 bits per heavy atom. The Morgan fingerprint density at radius 1 is 1.12 bits per heavy atom. The van der Waals surface area contributed by atoms with Gasteiger partial charge in [-0.25, -0.2) is 4.39 Å². The zero-order chi connectivity index (χ0) is 17.4. The molecule has 3 nitrogen and oxygen atoms in total. The molecular weight excluding hydrogens is 315 g/mol. The molecule has 5 unspecified atom stereocenters. The molecule has 4 rings (SSSR count). The second-order valence-corrected chi connectivity index (χ2v) is 8.91. The molecular formula is C21H33FN2O. The fourth-order valence-corrected chi connectivity index (χ4v) is 5.63. The van der Waals surface area contributed by atoms with Crippen LogP contribution in [-0.4, -0.2) is 30.6 Å². The largest absolute Gasteiger partial charge is 0.329 e. The summed E-state index contributed by atoms with van der Waals surface area (Å²) in [5.41, 5.74) is 7.48. The van der Waals surface area contributed by atoms with Crippen LogP contribution in [0.5, 0.6) is 0 Å². The lowest BCUT2D eigenvalue weighted by molar-refractivity contribution is -0.124. The van der Waals surface area contributed by atoms with E-state index in [1.54, 1.807) is 5.57 Å². The summed E-state index contributed by atoms with van der Waals surface area (Å²) in [4.78, 5) is 12.9. The number of hydrogen-bond donors (Lipinski definition) is 2. The molecule has 0 aromatic heterocycles. The van der Waals surface area contributed by atoms with Gasteiger partial charge in [0.2, 0.25) is 0 Å². The molecule has 1 aliphatic heterocycles. The number of fused-ring (bicyclic) bond motifs is 1. The molecule has 140 valence electrons. The third-order valence-electron chi connectivity index (χ3n) is 7.19. The van der Waals surface area contributed by atoms with Crippen LogP contribution in [0.25, 0.3) is 0 Å². The first-order valence-corrected chi connectivity index (χ1v) is 10.5. The lowest BCUT2D eigenvalue weighted by atomic mass is 9.73. The molecule has 0 aromatic rings. The van der Waals surface area contributed by atoms with Crippen molar-refractivity contribution in [3.8, 4) is 0 Å². The van der Waals surface area contributed by atoms with Gasteiger partial charge in [-0.3, -0.25) is 4.79 Å². The van der Waals surface area contributed by atoms with Crippen LogP contribution in [0, 0.1) is 23.7 Å². The van der Waals surface area contributed by atoms with Crippen LogP contribution in [-0.2, 0) is 4.79 Å². The maximum Gasteiger partial charge on any atom is 0.137 e. The first-order valence-electron chi connectivity index (χ1n) is 10.5. The van der Waals surface area contributed by atoms with Crippen LogP contribution in [0.3, 0.4) is 0 Å². The average molecular weight is 349 g/mol. The first-order chi connectivity index (χ1) is 12.2. The number of allylic oxidation sites excluding steroid dienone is 2. The van der Waals surface area contributed by atoms with Gasteiger partial charge in [0.05, 0.1) is 0 Å². The van der Waals surface area contributed by atoms with Crippen LogP contribution < -0.4 is 11.1 Å². The minimum absolute atomic E-state index is 0.000152. The van der Waals surface area contributed by atoms with Crippen molar-refractivity contribution in [1.29, 1.82) is 0 Å². The number of alkyl halides is 1. The molecule has 5 atom stereocenters. The van der Waals surface area contributed by atoms with Crippen molar-refractivity contribution in [2.75, 3.05) is 6.54 Å². The summed E-state index contributed by atoms with van der Waals surface area (Å²) >= 11 is 0. The summed E-state index contributed by atoms with van der Waals surface area (Å²) in [6.07, 6.45) is 11.8. The fraction of sp³-hybridized carbons (Fsp3) is 0.857. The lowest BCUT2D eigenvalue weighted by Gasteiger charge is -2.33. The molecule has 0 spiro atoms. The maximum atomic E-state index is 14.6. The van der Waals surface area contributed by atoms with Crippen molar-refractivity contribution in [1.82, 2.24) is 5.32 Å². The van der Waals surface area contributed by atoms with E-state index in [1.807, 2.05) is 0 Å². The second-order valence-electron chi connectivity index (χ2n) is 8.91. The number of hydrogen-bond acceptors (Lipinski definition) is 3.